The molecule has 0 spiro atoms. The van der Waals surface area contributed by atoms with Crippen molar-refractivity contribution in [2.45, 2.75) is 31.6 Å². The van der Waals surface area contributed by atoms with Gasteiger partial charge in [-0.05, 0) is 52.9 Å². The van der Waals surface area contributed by atoms with Gasteiger partial charge >= 0.3 is 0 Å². The second kappa shape index (κ2) is 10.1. The zero-order valence-electron chi connectivity index (χ0n) is 19.1. The highest BCUT2D eigenvalue weighted by Gasteiger charge is 2.35. The minimum Gasteiger partial charge on any atom is -0.497 e. The summed E-state index contributed by atoms with van der Waals surface area (Å²) in [5.41, 5.74) is 4.84. The number of para-hydroxylation sites is 1. The van der Waals surface area contributed by atoms with Crippen molar-refractivity contribution < 1.29 is 14.3 Å². The lowest BCUT2D eigenvalue weighted by molar-refractivity contribution is -0.116. The second-order valence-electron chi connectivity index (χ2n) is 8.34. The number of thioether (sulfide) groups is 1. The normalized spacial score (nSPS) is 15.7. The molecule has 6 heteroatoms. The number of hydrogen-bond donors (Lipinski definition) is 1. The van der Waals surface area contributed by atoms with E-state index in [0.717, 1.165) is 28.3 Å². The summed E-state index contributed by atoms with van der Waals surface area (Å²) in [6.07, 6.45) is 0.290. The summed E-state index contributed by atoms with van der Waals surface area (Å²) in [6, 6.07) is 23.4. The molecule has 0 saturated carbocycles. The van der Waals surface area contributed by atoms with Crippen LogP contribution in [0.25, 0.3) is 0 Å². The van der Waals surface area contributed by atoms with Crippen LogP contribution in [0.15, 0.2) is 72.8 Å². The van der Waals surface area contributed by atoms with Crippen LogP contribution in [0, 0.1) is 0 Å². The summed E-state index contributed by atoms with van der Waals surface area (Å²) < 4.78 is 5.16. The summed E-state index contributed by atoms with van der Waals surface area (Å²) in [4.78, 5) is 27.2. The van der Waals surface area contributed by atoms with E-state index in [-0.39, 0.29) is 17.2 Å². The quantitative estimate of drug-likeness (QED) is 0.486. The predicted octanol–water partition coefficient (Wildman–Crippen LogP) is 5.78. The molecule has 0 aromatic heterocycles. The zero-order chi connectivity index (χ0) is 23.4. The molecule has 4 rings (SSSR count). The number of carbonyl (C=O) groups is 2. The third-order valence-electron chi connectivity index (χ3n) is 5.69. The van der Waals surface area contributed by atoms with Crippen molar-refractivity contribution in [3.05, 3.63) is 89.5 Å². The molecule has 1 aliphatic heterocycles. The molecule has 0 unspecified atom stereocenters. The smallest absolute Gasteiger partial charge is 0.238 e. The van der Waals surface area contributed by atoms with Crippen LogP contribution in [0.4, 0.5) is 11.4 Å². The Morgan fingerprint density at radius 3 is 2.42 bits per heavy atom. The molecule has 3 aromatic rings. The van der Waals surface area contributed by atoms with Crippen molar-refractivity contribution in [3.8, 4) is 5.75 Å². The SMILES string of the molecule is COc1ccc(CC(=O)Nc2ccc([C@@H]3SCC(=O)N3c3ccccc3C(C)C)cc2)cc1. The molecule has 1 atom stereocenters. The van der Waals surface area contributed by atoms with Crippen molar-refractivity contribution >= 4 is 35.0 Å². The van der Waals surface area contributed by atoms with Crippen LogP contribution in [-0.2, 0) is 16.0 Å². The molecule has 1 heterocycles. The Balaban J connectivity index is 1.47. The lowest BCUT2D eigenvalue weighted by atomic mass is 10.00. The average molecular weight is 461 g/mol. The Bertz CT molecular complexity index is 1130. The third kappa shape index (κ3) is 5.22. The maximum Gasteiger partial charge on any atom is 0.238 e. The Morgan fingerprint density at radius 1 is 1.06 bits per heavy atom. The third-order valence-corrected chi connectivity index (χ3v) is 6.90. The molecule has 1 fully saturated rings. The Morgan fingerprint density at radius 2 is 1.76 bits per heavy atom. The Hall–Kier alpha value is -3.25. The monoisotopic (exact) mass is 460 g/mol. The highest BCUT2D eigenvalue weighted by molar-refractivity contribution is 8.00. The topological polar surface area (TPSA) is 58.6 Å². The lowest BCUT2D eigenvalue weighted by Crippen LogP contribution is -2.29. The number of benzene rings is 3. The first-order valence-corrected chi connectivity index (χ1v) is 12.1. The van der Waals surface area contributed by atoms with Gasteiger partial charge in [0.1, 0.15) is 11.1 Å². The molecule has 0 aliphatic carbocycles. The van der Waals surface area contributed by atoms with Gasteiger partial charge in [-0.2, -0.15) is 0 Å². The number of nitrogens with one attached hydrogen (secondary N) is 1. The molecule has 3 aromatic carbocycles. The largest absolute Gasteiger partial charge is 0.497 e. The van der Waals surface area contributed by atoms with Crippen molar-refractivity contribution in [1.82, 2.24) is 0 Å². The summed E-state index contributed by atoms with van der Waals surface area (Å²) in [5, 5.41) is 2.87. The summed E-state index contributed by atoms with van der Waals surface area (Å²) >= 11 is 1.63. The summed E-state index contributed by atoms with van der Waals surface area (Å²) in [7, 11) is 1.62. The molecule has 170 valence electrons. The van der Waals surface area contributed by atoms with E-state index >= 15 is 0 Å². The van der Waals surface area contributed by atoms with E-state index in [0.29, 0.717) is 18.1 Å². The molecule has 1 saturated heterocycles. The maximum absolute atomic E-state index is 12.8. The van der Waals surface area contributed by atoms with Crippen LogP contribution >= 0.6 is 11.8 Å². The first-order valence-electron chi connectivity index (χ1n) is 11.0. The van der Waals surface area contributed by atoms with Gasteiger partial charge in [-0.3, -0.25) is 14.5 Å². The summed E-state index contributed by atoms with van der Waals surface area (Å²) in [6.45, 7) is 4.29. The van der Waals surface area contributed by atoms with Gasteiger partial charge in [-0.1, -0.05) is 56.3 Å². The fraction of sp³-hybridized carbons (Fsp3) is 0.259. The van der Waals surface area contributed by atoms with Crippen LogP contribution in [0.2, 0.25) is 0 Å². The predicted molar refractivity (Wildman–Crippen MR) is 135 cm³/mol. The van der Waals surface area contributed by atoms with E-state index in [4.69, 9.17) is 4.74 Å². The molecule has 33 heavy (non-hydrogen) atoms. The number of amides is 2. The van der Waals surface area contributed by atoms with Gasteiger partial charge in [0.25, 0.3) is 0 Å². The number of methoxy groups -OCH3 is 1. The Kier molecular flexibility index (Phi) is 7.04. The zero-order valence-corrected chi connectivity index (χ0v) is 19.9. The highest BCUT2D eigenvalue weighted by atomic mass is 32.2. The highest BCUT2D eigenvalue weighted by Crippen LogP contribution is 2.44. The number of anilines is 2. The number of hydrogen-bond acceptors (Lipinski definition) is 4. The lowest BCUT2D eigenvalue weighted by Gasteiger charge is -2.27. The van der Waals surface area contributed by atoms with Crippen LogP contribution in [-0.4, -0.2) is 24.7 Å². The van der Waals surface area contributed by atoms with Gasteiger partial charge in [-0.15, -0.1) is 11.8 Å². The average Bonchev–Trinajstić information content (AvgIpc) is 3.21. The van der Waals surface area contributed by atoms with Gasteiger partial charge in [-0.25, -0.2) is 0 Å². The van der Waals surface area contributed by atoms with E-state index in [1.165, 1.54) is 5.56 Å². The van der Waals surface area contributed by atoms with Crippen molar-refractivity contribution in [3.63, 3.8) is 0 Å². The van der Waals surface area contributed by atoms with E-state index < -0.39 is 0 Å². The van der Waals surface area contributed by atoms with E-state index in [1.807, 2.05) is 71.6 Å². The number of rotatable bonds is 7. The van der Waals surface area contributed by atoms with Crippen molar-refractivity contribution in [2.24, 2.45) is 0 Å². The summed E-state index contributed by atoms with van der Waals surface area (Å²) in [5.74, 6) is 1.59. The Labute approximate surface area is 199 Å². The maximum atomic E-state index is 12.8. The van der Waals surface area contributed by atoms with Gasteiger partial charge < -0.3 is 10.1 Å². The number of nitrogens with zero attached hydrogens (tertiary/aromatic N) is 1. The molecular formula is C27H28N2O3S. The molecule has 0 bridgehead atoms. The first-order chi connectivity index (χ1) is 16.0. The fourth-order valence-electron chi connectivity index (χ4n) is 3.99. The first kappa shape index (κ1) is 22.9. The fourth-order valence-corrected chi connectivity index (χ4v) is 5.16. The van der Waals surface area contributed by atoms with Crippen LogP contribution in [0.1, 0.15) is 41.8 Å². The molecule has 1 aliphatic rings. The van der Waals surface area contributed by atoms with E-state index in [1.54, 1.807) is 18.9 Å². The van der Waals surface area contributed by atoms with Crippen molar-refractivity contribution in [1.29, 1.82) is 0 Å². The molecule has 0 radical (unpaired) electrons. The van der Waals surface area contributed by atoms with Gasteiger partial charge in [0.05, 0.1) is 19.3 Å². The molecule has 2 amide bonds. The van der Waals surface area contributed by atoms with E-state index in [2.05, 4.69) is 25.2 Å². The van der Waals surface area contributed by atoms with Crippen LogP contribution in [0.5, 0.6) is 5.75 Å². The molecule has 1 N–H and O–H groups in total. The van der Waals surface area contributed by atoms with Gasteiger partial charge in [0.2, 0.25) is 11.8 Å². The molecular weight excluding hydrogens is 432 g/mol. The minimum atomic E-state index is -0.0820. The second-order valence-corrected chi connectivity index (χ2v) is 9.40. The van der Waals surface area contributed by atoms with Gasteiger partial charge in [0, 0.05) is 11.4 Å². The van der Waals surface area contributed by atoms with E-state index in [9.17, 15) is 9.59 Å². The van der Waals surface area contributed by atoms with Crippen LogP contribution in [0.3, 0.4) is 0 Å². The number of carbonyl (C=O) groups excluding carboxylic acids is 2. The van der Waals surface area contributed by atoms with Crippen molar-refractivity contribution in [2.75, 3.05) is 23.1 Å². The number of ether oxygens (including phenoxy) is 1. The standard InChI is InChI=1S/C27H28N2O3S/c1-18(2)23-6-4-5-7-24(23)29-26(31)17-33-27(29)20-10-12-21(13-11-20)28-25(30)16-19-8-14-22(32-3)15-9-19/h4-15,18,27H,16-17H2,1-3H3,(H,28,30)/t27-/m0/s1. The minimum absolute atomic E-state index is 0.0779. The van der Waals surface area contributed by atoms with Gasteiger partial charge in [0.15, 0.2) is 0 Å². The van der Waals surface area contributed by atoms with Crippen LogP contribution < -0.4 is 15.0 Å². The molecule has 5 nitrogen and oxygen atoms in total.